The summed E-state index contributed by atoms with van der Waals surface area (Å²) < 4.78 is 5.78. The Balaban J connectivity index is 1.20. The van der Waals surface area contributed by atoms with Crippen molar-refractivity contribution in [2.75, 3.05) is 0 Å². The predicted octanol–water partition coefficient (Wildman–Crippen LogP) is 5.32. The van der Waals surface area contributed by atoms with Crippen LogP contribution in [0.3, 0.4) is 0 Å². The molecule has 2 fully saturated rings. The summed E-state index contributed by atoms with van der Waals surface area (Å²) in [6, 6.07) is 3.26. The number of carbonyl (C=O) groups is 3. The molecule has 7 nitrogen and oxygen atoms in total. The van der Waals surface area contributed by atoms with Crippen LogP contribution in [0, 0.1) is 28.6 Å². The first-order valence-corrected chi connectivity index (χ1v) is 14.1. The number of carbonyl (C=O) groups excluding carboxylic acids is 2. The Labute approximate surface area is 225 Å². The number of esters is 1. The van der Waals surface area contributed by atoms with E-state index in [2.05, 4.69) is 42.4 Å². The van der Waals surface area contributed by atoms with Crippen LogP contribution in [0.15, 0.2) is 42.3 Å². The Morgan fingerprint density at radius 3 is 2.63 bits per heavy atom. The highest BCUT2D eigenvalue weighted by Gasteiger charge is 2.57. The summed E-state index contributed by atoms with van der Waals surface area (Å²) in [5.41, 5.74) is 4.54. The van der Waals surface area contributed by atoms with E-state index in [4.69, 9.17) is 9.84 Å². The Kier molecular flexibility index (Phi) is 7.23. The van der Waals surface area contributed by atoms with Gasteiger partial charge in [-0.1, -0.05) is 37.6 Å². The van der Waals surface area contributed by atoms with Crippen molar-refractivity contribution in [2.45, 2.75) is 90.7 Å². The van der Waals surface area contributed by atoms with E-state index in [0.717, 1.165) is 32.1 Å². The maximum Gasteiger partial charge on any atom is 0.325 e. The largest absolute Gasteiger partial charge is 0.480 e. The molecule has 4 aliphatic rings. The Morgan fingerprint density at radius 2 is 1.89 bits per heavy atom. The fourth-order valence-corrected chi connectivity index (χ4v) is 8.10. The Morgan fingerprint density at radius 1 is 1.11 bits per heavy atom. The molecular weight excluding hydrogens is 480 g/mol. The predicted molar refractivity (Wildman–Crippen MR) is 144 cm³/mol. The molecule has 0 spiro atoms. The van der Waals surface area contributed by atoms with Crippen molar-refractivity contribution in [2.24, 2.45) is 28.6 Å². The molecule has 5 rings (SSSR count). The molecule has 2 N–H and O–H groups in total. The van der Waals surface area contributed by atoms with E-state index >= 15 is 0 Å². The lowest BCUT2D eigenvalue weighted by atomic mass is 9.47. The van der Waals surface area contributed by atoms with E-state index in [1.807, 2.05) is 18.5 Å². The number of fused-ring (bicyclic) bond motifs is 5. The van der Waals surface area contributed by atoms with E-state index in [1.54, 1.807) is 0 Å². The van der Waals surface area contributed by atoms with Gasteiger partial charge in [0.1, 0.15) is 12.1 Å². The molecule has 1 heterocycles. The highest BCUT2D eigenvalue weighted by atomic mass is 16.5. The molecule has 1 unspecified atom stereocenters. The summed E-state index contributed by atoms with van der Waals surface area (Å²) in [5, 5.41) is 11.3. The molecule has 0 radical (unpaired) electrons. The minimum absolute atomic E-state index is 0.0395. The van der Waals surface area contributed by atoms with Crippen LogP contribution in [0.25, 0.3) is 5.57 Å². The number of allylic oxidation sites excluding steroid dienone is 3. The zero-order chi connectivity index (χ0) is 27.1. The first-order valence-electron chi connectivity index (χ1n) is 14.1. The second-order valence-electron chi connectivity index (χ2n) is 12.3. The molecule has 7 atom stereocenters. The number of carboxylic acids is 1. The number of ether oxygens (including phenoxy) is 1. The molecule has 0 aromatic carbocycles. The lowest BCUT2D eigenvalue weighted by Crippen LogP contribution is -2.50. The molecule has 4 aliphatic carbocycles. The molecule has 2 saturated carbocycles. The third-order valence-corrected chi connectivity index (χ3v) is 10.2. The summed E-state index contributed by atoms with van der Waals surface area (Å²) in [5.74, 6) is 0.0231. The van der Waals surface area contributed by atoms with E-state index in [-0.39, 0.29) is 35.7 Å². The standard InChI is InChI=1S/C31H40N2O5/c1-19(29(36)37)33-27(34)10-11-28(35)38-22-12-14-30(2)21(17-22)6-7-23-25-9-8-24(20-5-4-16-32-18-20)31(25,3)15-13-26(23)30/h4-6,8,16,18-19,22-23,25-26H,7,9-15,17H2,1-3H3,(H,33,34)(H,36,37)/t19?,22-,23-,25-,26-,30-,31+/m0/s1. The molecule has 0 aliphatic heterocycles. The first-order chi connectivity index (χ1) is 18.1. The number of hydrogen-bond donors (Lipinski definition) is 2. The summed E-state index contributed by atoms with van der Waals surface area (Å²) in [7, 11) is 0. The molecule has 38 heavy (non-hydrogen) atoms. The number of carboxylic acid groups (broad SMARTS) is 1. The first kappa shape index (κ1) is 26.6. The summed E-state index contributed by atoms with van der Waals surface area (Å²) >= 11 is 0. The number of nitrogens with zero attached hydrogens (tertiary/aromatic N) is 1. The molecule has 0 saturated heterocycles. The van der Waals surface area contributed by atoms with Crippen LogP contribution in [-0.2, 0) is 19.1 Å². The van der Waals surface area contributed by atoms with Gasteiger partial charge in [0, 0.05) is 25.2 Å². The van der Waals surface area contributed by atoms with Crippen molar-refractivity contribution >= 4 is 23.4 Å². The second kappa shape index (κ2) is 10.3. The average molecular weight is 521 g/mol. The fraction of sp³-hybridized carbons (Fsp3) is 0.613. The smallest absolute Gasteiger partial charge is 0.325 e. The van der Waals surface area contributed by atoms with Crippen LogP contribution in [0.1, 0.15) is 84.1 Å². The monoisotopic (exact) mass is 520 g/mol. The maximum atomic E-state index is 12.5. The van der Waals surface area contributed by atoms with Gasteiger partial charge in [-0.15, -0.1) is 0 Å². The van der Waals surface area contributed by atoms with Crippen LogP contribution < -0.4 is 5.32 Å². The normalized spacial score (nSPS) is 34.5. The lowest BCUT2D eigenvalue weighted by molar-refractivity contribution is -0.152. The average Bonchev–Trinajstić information content (AvgIpc) is 3.25. The highest BCUT2D eigenvalue weighted by Crippen LogP contribution is 2.66. The fourth-order valence-electron chi connectivity index (χ4n) is 8.10. The third kappa shape index (κ3) is 4.80. The van der Waals surface area contributed by atoms with Crippen molar-refractivity contribution in [1.82, 2.24) is 10.3 Å². The minimum atomic E-state index is -1.10. The summed E-state index contributed by atoms with van der Waals surface area (Å²) in [6.07, 6.45) is 15.8. The molecule has 7 heteroatoms. The van der Waals surface area contributed by atoms with Gasteiger partial charge < -0.3 is 15.2 Å². The summed E-state index contributed by atoms with van der Waals surface area (Å²) in [6.45, 7) is 6.31. The van der Waals surface area contributed by atoms with Crippen molar-refractivity contribution in [1.29, 1.82) is 0 Å². The number of rotatable bonds is 7. The third-order valence-electron chi connectivity index (χ3n) is 10.2. The Hall–Kier alpha value is -2.96. The number of aliphatic carboxylic acids is 1. The van der Waals surface area contributed by atoms with Gasteiger partial charge in [0.2, 0.25) is 5.91 Å². The molecular formula is C31H40N2O5. The van der Waals surface area contributed by atoms with Crippen molar-refractivity contribution in [3.63, 3.8) is 0 Å². The molecule has 1 aromatic rings. The van der Waals surface area contributed by atoms with Crippen molar-refractivity contribution < 1.29 is 24.2 Å². The maximum absolute atomic E-state index is 12.5. The van der Waals surface area contributed by atoms with Gasteiger partial charge in [-0.05, 0) is 91.2 Å². The number of nitrogens with one attached hydrogen (secondary N) is 1. The van der Waals surface area contributed by atoms with Gasteiger partial charge in [-0.3, -0.25) is 19.4 Å². The highest BCUT2D eigenvalue weighted by molar-refractivity contribution is 5.85. The van der Waals surface area contributed by atoms with Crippen LogP contribution in [0.2, 0.25) is 0 Å². The number of amides is 1. The zero-order valence-corrected chi connectivity index (χ0v) is 22.7. The van der Waals surface area contributed by atoms with Crippen molar-refractivity contribution in [3.8, 4) is 0 Å². The number of aromatic nitrogens is 1. The van der Waals surface area contributed by atoms with E-state index in [9.17, 15) is 14.4 Å². The van der Waals surface area contributed by atoms with Gasteiger partial charge in [0.05, 0.1) is 6.42 Å². The van der Waals surface area contributed by atoms with E-state index in [1.165, 1.54) is 36.5 Å². The lowest BCUT2D eigenvalue weighted by Gasteiger charge is -2.57. The Bertz CT molecular complexity index is 1160. The van der Waals surface area contributed by atoms with Gasteiger partial charge in [0.15, 0.2) is 0 Å². The SMILES string of the molecule is CC(NC(=O)CCC(=O)O[C@H]1CC[C@@]2(C)C(=CC[C@@H]3[C@@H]2CC[C@]2(C)C(c4cccnc4)=CC[C@@H]32)C1)C(=O)O. The number of hydrogen-bond acceptors (Lipinski definition) is 5. The van der Waals surface area contributed by atoms with E-state index in [0.29, 0.717) is 17.8 Å². The topological polar surface area (TPSA) is 106 Å². The zero-order valence-electron chi connectivity index (χ0n) is 22.7. The van der Waals surface area contributed by atoms with Gasteiger partial charge in [-0.2, -0.15) is 0 Å². The van der Waals surface area contributed by atoms with Gasteiger partial charge >= 0.3 is 11.9 Å². The van der Waals surface area contributed by atoms with Crippen LogP contribution in [-0.4, -0.2) is 40.1 Å². The summed E-state index contributed by atoms with van der Waals surface area (Å²) in [4.78, 5) is 39.7. The van der Waals surface area contributed by atoms with Crippen LogP contribution in [0.4, 0.5) is 0 Å². The molecule has 1 amide bonds. The van der Waals surface area contributed by atoms with Crippen LogP contribution >= 0.6 is 0 Å². The second-order valence-corrected chi connectivity index (χ2v) is 12.3. The van der Waals surface area contributed by atoms with Crippen molar-refractivity contribution in [3.05, 3.63) is 47.8 Å². The van der Waals surface area contributed by atoms with Crippen LogP contribution in [0.5, 0.6) is 0 Å². The minimum Gasteiger partial charge on any atom is -0.480 e. The molecule has 0 bridgehead atoms. The quantitative estimate of drug-likeness (QED) is 0.372. The van der Waals surface area contributed by atoms with Gasteiger partial charge in [-0.25, -0.2) is 0 Å². The molecule has 204 valence electrons. The van der Waals surface area contributed by atoms with Gasteiger partial charge in [0.25, 0.3) is 0 Å². The van der Waals surface area contributed by atoms with E-state index < -0.39 is 17.9 Å². The molecule has 1 aromatic heterocycles. The number of pyridine rings is 1.